The lowest BCUT2D eigenvalue weighted by molar-refractivity contribution is -0.116. The Balaban J connectivity index is 1.45. The molecule has 1 saturated heterocycles. The maximum atomic E-state index is 13.3. The Bertz CT molecular complexity index is 1190. The van der Waals surface area contributed by atoms with Gasteiger partial charge in [0.05, 0.1) is 36.1 Å². The van der Waals surface area contributed by atoms with E-state index in [4.69, 9.17) is 4.42 Å². The predicted molar refractivity (Wildman–Crippen MR) is 130 cm³/mol. The zero-order chi connectivity index (χ0) is 24.1. The summed E-state index contributed by atoms with van der Waals surface area (Å²) in [7, 11) is -1.83. The molecule has 1 aliphatic heterocycles. The van der Waals surface area contributed by atoms with Crippen molar-refractivity contribution >= 4 is 27.4 Å². The molecule has 4 rings (SSSR count). The van der Waals surface area contributed by atoms with Crippen molar-refractivity contribution in [3.8, 4) is 0 Å². The van der Waals surface area contributed by atoms with Crippen molar-refractivity contribution in [3.63, 3.8) is 0 Å². The van der Waals surface area contributed by atoms with Crippen LogP contribution in [0.4, 0.5) is 11.5 Å². The summed E-state index contributed by atoms with van der Waals surface area (Å²) in [5.41, 5.74) is 1.45. The van der Waals surface area contributed by atoms with Crippen LogP contribution in [0.15, 0.2) is 70.3 Å². The number of likely N-dealkylation sites (N-methyl/N-ethyl adjacent to an activating group) is 1. The minimum Gasteiger partial charge on any atom is -0.468 e. The zero-order valence-electron chi connectivity index (χ0n) is 19.3. The Morgan fingerprint density at radius 1 is 1.09 bits per heavy atom. The molecule has 1 aliphatic rings. The molecule has 2 aromatic heterocycles. The van der Waals surface area contributed by atoms with E-state index in [1.165, 1.54) is 6.26 Å². The van der Waals surface area contributed by atoms with Crippen molar-refractivity contribution in [2.24, 2.45) is 0 Å². The van der Waals surface area contributed by atoms with E-state index in [0.29, 0.717) is 11.4 Å². The van der Waals surface area contributed by atoms with Crippen LogP contribution in [0.5, 0.6) is 0 Å². The summed E-state index contributed by atoms with van der Waals surface area (Å²) in [6.45, 7) is 5.20. The molecule has 3 aromatic rings. The number of furan rings is 1. The van der Waals surface area contributed by atoms with Crippen LogP contribution in [0.1, 0.15) is 11.3 Å². The highest BCUT2D eigenvalue weighted by Gasteiger charge is 2.28. The molecule has 10 heteroatoms. The number of hydrogen-bond donors (Lipinski definition) is 1. The molecule has 34 heavy (non-hydrogen) atoms. The fourth-order valence-electron chi connectivity index (χ4n) is 3.70. The topological polar surface area (TPSA) is 99.0 Å². The molecule has 1 fully saturated rings. The number of anilines is 2. The van der Waals surface area contributed by atoms with Crippen LogP contribution >= 0.6 is 0 Å². The van der Waals surface area contributed by atoms with Crippen LogP contribution in [-0.2, 0) is 21.4 Å². The molecular weight excluding hydrogens is 454 g/mol. The van der Waals surface area contributed by atoms with Gasteiger partial charge in [-0.1, -0.05) is 17.7 Å². The number of aromatic nitrogens is 1. The smallest absolute Gasteiger partial charge is 0.243 e. The molecule has 3 heterocycles. The summed E-state index contributed by atoms with van der Waals surface area (Å²) in [5.74, 6) is 0.838. The number of hydrogen-bond acceptors (Lipinski definition) is 7. The maximum absolute atomic E-state index is 13.3. The van der Waals surface area contributed by atoms with Crippen molar-refractivity contribution < 1.29 is 17.6 Å². The molecule has 0 bridgehead atoms. The molecule has 0 radical (unpaired) electrons. The molecule has 180 valence electrons. The molecule has 1 N–H and O–H groups in total. The maximum Gasteiger partial charge on any atom is 0.243 e. The standard InChI is InChI=1S/C24H29N5O4S/c1-19-5-8-22(9-6-19)34(31,32)29(17-21-4-3-15-33-21)18-24(30)26-20-7-10-23(25-16-20)28-13-11-27(2)12-14-28/h3-10,15-16H,11-14,17-18H2,1-2H3,(H,26,30). The minimum absolute atomic E-state index is 0.0583. The van der Waals surface area contributed by atoms with E-state index in [9.17, 15) is 13.2 Å². The van der Waals surface area contributed by atoms with Crippen LogP contribution in [0.2, 0.25) is 0 Å². The molecule has 0 unspecified atom stereocenters. The van der Waals surface area contributed by atoms with Crippen molar-refractivity contribution in [2.75, 3.05) is 50.0 Å². The average Bonchev–Trinajstić information content (AvgIpc) is 3.33. The van der Waals surface area contributed by atoms with E-state index in [1.54, 1.807) is 48.7 Å². The summed E-state index contributed by atoms with van der Waals surface area (Å²) in [5, 5.41) is 2.76. The first-order chi connectivity index (χ1) is 16.3. The Kier molecular flexibility index (Phi) is 7.30. The Morgan fingerprint density at radius 2 is 1.82 bits per heavy atom. The summed E-state index contributed by atoms with van der Waals surface area (Å²) in [6, 6.07) is 13.5. The second-order valence-electron chi connectivity index (χ2n) is 8.41. The van der Waals surface area contributed by atoms with Gasteiger partial charge in [-0.05, 0) is 50.4 Å². The third kappa shape index (κ3) is 5.82. The zero-order valence-corrected chi connectivity index (χ0v) is 20.2. The first kappa shape index (κ1) is 23.9. The van der Waals surface area contributed by atoms with Crippen molar-refractivity contribution in [1.82, 2.24) is 14.2 Å². The summed E-state index contributed by atoms with van der Waals surface area (Å²) in [4.78, 5) is 21.9. The molecule has 0 saturated carbocycles. The van der Waals surface area contributed by atoms with Crippen molar-refractivity contribution in [2.45, 2.75) is 18.4 Å². The fraction of sp³-hybridized carbons (Fsp3) is 0.333. The van der Waals surface area contributed by atoms with Gasteiger partial charge < -0.3 is 19.5 Å². The molecule has 1 aromatic carbocycles. The molecule has 0 atom stereocenters. The van der Waals surface area contributed by atoms with Gasteiger partial charge in [-0.2, -0.15) is 4.31 Å². The van der Waals surface area contributed by atoms with Gasteiger partial charge in [0.2, 0.25) is 15.9 Å². The highest BCUT2D eigenvalue weighted by molar-refractivity contribution is 7.89. The number of nitrogens with one attached hydrogen (secondary N) is 1. The Labute approximate surface area is 200 Å². The second-order valence-corrected chi connectivity index (χ2v) is 10.3. The summed E-state index contributed by atoms with van der Waals surface area (Å²) < 4.78 is 33.0. The number of rotatable bonds is 8. The Hall–Kier alpha value is -3.21. The van der Waals surface area contributed by atoms with Crippen molar-refractivity contribution in [3.05, 3.63) is 72.3 Å². The van der Waals surface area contributed by atoms with Gasteiger partial charge in [-0.25, -0.2) is 13.4 Å². The van der Waals surface area contributed by atoms with Crippen LogP contribution in [0.25, 0.3) is 0 Å². The Morgan fingerprint density at radius 3 is 2.44 bits per heavy atom. The van der Waals surface area contributed by atoms with E-state index in [-0.39, 0.29) is 18.0 Å². The number of carbonyl (C=O) groups excluding carboxylic acids is 1. The monoisotopic (exact) mass is 483 g/mol. The quantitative estimate of drug-likeness (QED) is 0.526. The molecule has 9 nitrogen and oxygen atoms in total. The predicted octanol–water partition coefficient (Wildman–Crippen LogP) is 2.56. The van der Waals surface area contributed by atoms with Crippen molar-refractivity contribution in [1.29, 1.82) is 0 Å². The first-order valence-electron chi connectivity index (χ1n) is 11.1. The average molecular weight is 484 g/mol. The molecule has 0 aliphatic carbocycles. The van der Waals surface area contributed by atoms with Crippen LogP contribution in [-0.4, -0.2) is 68.3 Å². The second kappa shape index (κ2) is 10.4. The van der Waals surface area contributed by atoms with Crippen LogP contribution in [0, 0.1) is 6.92 Å². The minimum atomic E-state index is -3.92. The van der Waals surface area contributed by atoms with E-state index in [1.807, 2.05) is 13.0 Å². The van der Waals surface area contributed by atoms with Gasteiger partial charge in [-0.3, -0.25) is 4.79 Å². The number of carbonyl (C=O) groups is 1. The highest BCUT2D eigenvalue weighted by atomic mass is 32.2. The van der Waals surface area contributed by atoms with Gasteiger partial charge in [0, 0.05) is 26.2 Å². The summed E-state index contributed by atoms with van der Waals surface area (Å²) in [6.07, 6.45) is 3.07. The van der Waals surface area contributed by atoms with Crippen LogP contribution < -0.4 is 10.2 Å². The first-order valence-corrected chi connectivity index (χ1v) is 12.5. The number of pyridine rings is 1. The van der Waals surface area contributed by atoms with Gasteiger partial charge in [0.25, 0.3) is 0 Å². The number of benzene rings is 1. The van der Waals surface area contributed by atoms with Gasteiger partial charge in [0.1, 0.15) is 11.6 Å². The number of nitrogens with zero attached hydrogens (tertiary/aromatic N) is 4. The lowest BCUT2D eigenvalue weighted by atomic mass is 10.2. The number of sulfonamides is 1. The van der Waals surface area contributed by atoms with Crippen LogP contribution in [0.3, 0.4) is 0 Å². The van der Waals surface area contributed by atoms with Gasteiger partial charge >= 0.3 is 0 Å². The van der Waals surface area contributed by atoms with E-state index in [0.717, 1.165) is 41.9 Å². The van der Waals surface area contributed by atoms with Gasteiger partial charge in [0.15, 0.2) is 0 Å². The molecule has 1 amide bonds. The molecular formula is C24H29N5O4S. The number of aryl methyl sites for hydroxylation is 1. The van der Waals surface area contributed by atoms with E-state index >= 15 is 0 Å². The number of piperazine rings is 1. The highest BCUT2D eigenvalue weighted by Crippen LogP contribution is 2.20. The lowest BCUT2D eigenvalue weighted by Gasteiger charge is -2.33. The lowest BCUT2D eigenvalue weighted by Crippen LogP contribution is -2.44. The SMILES string of the molecule is Cc1ccc(S(=O)(=O)N(CC(=O)Nc2ccc(N3CCN(C)CC3)nc2)Cc2ccco2)cc1. The van der Waals surface area contributed by atoms with E-state index in [2.05, 4.69) is 27.1 Å². The third-order valence-electron chi connectivity index (χ3n) is 5.75. The van der Waals surface area contributed by atoms with E-state index < -0.39 is 15.9 Å². The normalized spacial score (nSPS) is 15.0. The fourth-order valence-corrected chi connectivity index (χ4v) is 5.07. The number of amides is 1. The third-order valence-corrected chi connectivity index (χ3v) is 7.56. The van der Waals surface area contributed by atoms with Gasteiger partial charge in [-0.15, -0.1) is 0 Å². The molecule has 0 spiro atoms. The largest absolute Gasteiger partial charge is 0.468 e. The summed E-state index contributed by atoms with van der Waals surface area (Å²) >= 11 is 0.